The molecule has 236 valence electrons. The first kappa shape index (κ1) is 34.6. The minimum Gasteiger partial charge on any atom is -0.475 e. The van der Waals surface area contributed by atoms with Crippen LogP contribution in [-0.2, 0) is 20.9 Å². The Morgan fingerprint density at radius 2 is 1.57 bits per heavy atom. The van der Waals surface area contributed by atoms with Crippen LogP contribution in [0.1, 0.15) is 50.8 Å². The number of aliphatic carboxylic acids is 2. The molecule has 3 heterocycles. The first-order valence-electron chi connectivity index (χ1n) is 13.0. The van der Waals surface area contributed by atoms with Gasteiger partial charge in [0.1, 0.15) is 5.65 Å². The summed E-state index contributed by atoms with van der Waals surface area (Å²) in [5.74, 6) is -5.14. The summed E-state index contributed by atoms with van der Waals surface area (Å²) in [6, 6.07) is 4.47. The van der Waals surface area contributed by atoms with Gasteiger partial charge < -0.3 is 24.7 Å². The highest BCUT2D eigenvalue weighted by molar-refractivity contribution is 5.73. The molecule has 2 aromatic rings. The zero-order chi connectivity index (χ0) is 31.9. The maximum atomic E-state index is 11.8. The molecule has 42 heavy (non-hydrogen) atoms. The van der Waals surface area contributed by atoms with Crippen molar-refractivity contribution in [3.63, 3.8) is 0 Å². The van der Waals surface area contributed by atoms with Crippen molar-refractivity contribution in [1.82, 2.24) is 19.6 Å². The van der Waals surface area contributed by atoms with Crippen molar-refractivity contribution in [2.24, 2.45) is 11.3 Å². The molecule has 0 unspecified atom stereocenters. The van der Waals surface area contributed by atoms with Gasteiger partial charge in [0.2, 0.25) is 0 Å². The first-order valence-corrected chi connectivity index (χ1v) is 13.0. The highest BCUT2D eigenvalue weighted by atomic mass is 19.4. The van der Waals surface area contributed by atoms with Crippen molar-refractivity contribution in [3.8, 4) is 0 Å². The Balaban J connectivity index is 0.000000367. The average molecular weight is 613 g/mol. The van der Waals surface area contributed by atoms with Gasteiger partial charge in [-0.25, -0.2) is 19.4 Å². The van der Waals surface area contributed by atoms with Crippen LogP contribution in [0.3, 0.4) is 0 Å². The zero-order valence-corrected chi connectivity index (χ0v) is 23.3. The van der Waals surface area contributed by atoms with Gasteiger partial charge in [-0.3, -0.25) is 4.90 Å². The Bertz CT molecular complexity index is 1190. The third-order valence-electron chi connectivity index (χ3n) is 6.75. The highest BCUT2D eigenvalue weighted by Gasteiger charge is 2.46. The van der Waals surface area contributed by atoms with Crippen molar-refractivity contribution < 1.29 is 55.7 Å². The van der Waals surface area contributed by atoms with E-state index >= 15 is 0 Å². The topological polar surface area (TPSA) is 133 Å². The van der Waals surface area contributed by atoms with Crippen molar-refractivity contribution in [2.75, 3.05) is 19.7 Å². The number of hydrogen-bond donors (Lipinski definition) is 3. The average Bonchev–Trinajstić information content (AvgIpc) is 3.24. The number of alkyl carbamates (subject to hydrolysis) is 1. The number of rotatable bonds is 5. The number of carboxylic acid groups (broad SMARTS) is 2. The molecule has 0 radical (unpaired) electrons. The van der Waals surface area contributed by atoms with Gasteiger partial charge >= 0.3 is 30.4 Å². The fourth-order valence-corrected chi connectivity index (χ4v) is 4.62. The molecule has 2 aromatic heterocycles. The summed E-state index contributed by atoms with van der Waals surface area (Å²) in [6.45, 7) is 9.88. The lowest BCUT2D eigenvalue weighted by Crippen LogP contribution is -2.54. The molecule has 0 aromatic carbocycles. The molecule has 1 amide bonds. The second-order valence-corrected chi connectivity index (χ2v) is 10.8. The minimum absolute atomic E-state index is 0.256. The highest BCUT2D eigenvalue weighted by Crippen LogP contribution is 2.49. The largest absolute Gasteiger partial charge is 0.490 e. The number of carboxylic acids is 2. The molecule has 1 spiro atoms. The van der Waals surface area contributed by atoms with E-state index in [-0.39, 0.29) is 12.1 Å². The van der Waals surface area contributed by atoms with Crippen LogP contribution in [0.15, 0.2) is 24.5 Å². The van der Waals surface area contributed by atoms with E-state index in [2.05, 4.69) is 44.9 Å². The van der Waals surface area contributed by atoms with Crippen LogP contribution in [0.5, 0.6) is 0 Å². The van der Waals surface area contributed by atoms with Gasteiger partial charge in [0.15, 0.2) is 0 Å². The van der Waals surface area contributed by atoms with Gasteiger partial charge in [0.05, 0.1) is 18.5 Å². The summed E-state index contributed by atoms with van der Waals surface area (Å²) in [6.07, 6.45) is -1.65. The number of aromatic nitrogens is 2. The van der Waals surface area contributed by atoms with Gasteiger partial charge in [-0.1, -0.05) is 19.9 Å². The van der Waals surface area contributed by atoms with Crippen molar-refractivity contribution in [2.45, 2.75) is 71.4 Å². The van der Waals surface area contributed by atoms with E-state index in [4.69, 9.17) is 24.5 Å². The summed E-state index contributed by atoms with van der Waals surface area (Å²) in [5, 5.41) is 17.3. The van der Waals surface area contributed by atoms with Gasteiger partial charge in [-0.15, -0.1) is 0 Å². The smallest absolute Gasteiger partial charge is 0.475 e. The SMILES string of the molecule is Cc1ccc2ncc(CN3CCC4(CC3)CC(NC(=O)OCC(C)C)C4)n2c1.O=C(O)C(F)(F)F.O=C(O)C(F)(F)F. The standard InChI is InChI=1S/C22H32N4O2.2C2HF3O2/c1-16(2)15-28-21(27)24-18-10-22(11-18)6-8-25(9-7-22)14-19-12-23-20-5-4-17(3)13-26(19)20;2*3-2(4,5)1(6)7/h4-5,12-13,16,18H,6-11,14-15H2,1-3H3,(H,24,27);2*(H,6,7). The Labute approximate surface area is 237 Å². The number of amides is 1. The number of alkyl halides is 6. The van der Waals surface area contributed by atoms with Gasteiger partial charge in [-0.2, -0.15) is 26.3 Å². The number of halogens is 6. The third-order valence-corrected chi connectivity index (χ3v) is 6.75. The molecule has 1 saturated carbocycles. The second-order valence-electron chi connectivity index (χ2n) is 10.8. The van der Waals surface area contributed by atoms with Crippen LogP contribution in [0.25, 0.3) is 5.65 Å². The van der Waals surface area contributed by atoms with Crippen molar-refractivity contribution in [1.29, 1.82) is 0 Å². The molecule has 3 N–H and O–H groups in total. The molecule has 4 rings (SSSR count). The molecule has 10 nitrogen and oxygen atoms in total. The van der Waals surface area contributed by atoms with Gasteiger partial charge in [-0.05, 0) is 68.7 Å². The predicted octanol–water partition coefficient (Wildman–Crippen LogP) is 5.04. The number of pyridine rings is 1. The Kier molecular flexibility index (Phi) is 11.6. The normalized spacial score (nSPS) is 17.0. The summed E-state index contributed by atoms with van der Waals surface area (Å²) in [4.78, 5) is 36.7. The number of piperidine rings is 1. The lowest BCUT2D eigenvalue weighted by Gasteiger charge is -2.52. The zero-order valence-electron chi connectivity index (χ0n) is 23.3. The molecule has 2 aliphatic rings. The number of ether oxygens (including phenoxy) is 1. The number of fused-ring (bicyclic) bond motifs is 1. The first-order chi connectivity index (χ1) is 19.3. The molecule has 16 heteroatoms. The van der Waals surface area contributed by atoms with Crippen LogP contribution in [-0.4, -0.2) is 80.6 Å². The van der Waals surface area contributed by atoms with E-state index < -0.39 is 24.3 Å². The van der Waals surface area contributed by atoms with Crippen LogP contribution < -0.4 is 5.32 Å². The Hall–Kier alpha value is -3.56. The number of nitrogens with one attached hydrogen (secondary N) is 1. The van der Waals surface area contributed by atoms with Crippen LogP contribution in [0.2, 0.25) is 0 Å². The molecule has 0 atom stereocenters. The van der Waals surface area contributed by atoms with Gasteiger partial charge in [0.25, 0.3) is 0 Å². The second kappa shape index (κ2) is 14.1. The fourth-order valence-electron chi connectivity index (χ4n) is 4.62. The summed E-state index contributed by atoms with van der Waals surface area (Å²) >= 11 is 0. The van der Waals surface area contributed by atoms with Crippen LogP contribution in [0, 0.1) is 18.3 Å². The van der Waals surface area contributed by atoms with Gasteiger partial charge in [0, 0.05) is 18.8 Å². The quantitative estimate of drug-likeness (QED) is 0.401. The number of aryl methyl sites for hydroxylation is 1. The van der Waals surface area contributed by atoms with Crippen LogP contribution >= 0.6 is 0 Å². The van der Waals surface area contributed by atoms with E-state index in [0.717, 1.165) is 38.1 Å². The minimum atomic E-state index is -5.08. The summed E-state index contributed by atoms with van der Waals surface area (Å²) in [7, 11) is 0. The predicted molar refractivity (Wildman–Crippen MR) is 137 cm³/mol. The number of imidazole rings is 1. The maximum Gasteiger partial charge on any atom is 0.490 e. The number of likely N-dealkylation sites (tertiary alicyclic amines) is 1. The van der Waals surface area contributed by atoms with Crippen molar-refractivity contribution in [3.05, 3.63) is 35.8 Å². The molecule has 1 aliphatic heterocycles. The number of carbonyl (C=O) groups is 3. The number of nitrogens with zero attached hydrogens (tertiary/aromatic N) is 3. The lowest BCUT2D eigenvalue weighted by atomic mass is 9.60. The molecule has 0 bridgehead atoms. The molecular weight excluding hydrogens is 578 g/mol. The monoisotopic (exact) mass is 612 g/mol. The Morgan fingerprint density at radius 1 is 1.05 bits per heavy atom. The maximum absolute atomic E-state index is 11.8. The molecular formula is C26H34F6N4O6. The Morgan fingerprint density at radius 3 is 2.05 bits per heavy atom. The van der Waals surface area contributed by atoms with E-state index in [1.54, 1.807) is 0 Å². The van der Waals surface area contributed by atoms with E-state index in [0.29, 0.717) is 17.9 Å². The summed E-state index contributed by atoms with van der Waals surface area (Å²) < 4.78 is 70.9. The van der Waals surface area contributed by atoms with E-state index in [9.17, 15) is 31.1 Å². The molecule has 2 fully saturated rings. The molecule has 1 saturated heterocycles. The third kappa shape index (κ3) is 10.7. The number of carbonyl (C=O) groups excluding carboxylic acids is 1. The fraction of sp³-hybridized carbons (Fsp3) is 0.615. The van der Waals surface area contributed by atoms with E-state index in [1.165, 1.54) is 24.1 Å². The summed E-state index contributed by atoms with van der Waals surface area (Å²) in [5.41, 5.74) is 3.95. The number of hydrogen-bond acceptors (Lipinski definition) is 6. The lowest BCUT2D eigenvalue weighted by molar-refractivity contribution is -0.193. The van der Waals surface area contributed by atoms with Crippen LogP contribution in [0.4, 0.5) is 31.1 Å². The van der Waals surface area contributed by atoms with E-state index in [1.807, 2.05) is 20.0 Å². The van der Waals surface area contributed by atoms with Crippen molar-refractivity contribution >= 4 is 23.7 Å². The molecule has 1 aliphatic carbocycles.